The Labute approximate surface area is 326 Å². The van der Waals surface area contributed by atoms with Crippen LogP contribution in [0.4, 0.5) is 0 Å². The van der Waals surface area contributed by atoms with Crippen LogP contribution in [0.1, 0.15) is 172 Å². The maximum Gasteiger partial charge on any atom is 0.306 e. The van der Waals surface area contributed by atoms with Crippen LogP contribution < -0.4 is 0 Å². The zero-order valence-corrected chi connectivity index (χ0v) is 35.5. The van der Waals surface area contributed by atoms with Crippen molar-refractivity contribution in [2.75, 3.05) is 6.61 Å². The van der Waals surface area contributed by atoms with Crippen molar-refractivity contribution in [2.24, 2.45) is 67.5 Å². The summed E-state index contributed by atoms with van der Waals surface area (Å²) in [5, 5.41) is 19.0. The first-order valence-corrected chi connectivity index (χ1v) is 21.4. The zero-order valence-electron chi connectivity index (χ0n) is 35.5. The number of rotatable bonds is 14. The second kappa shape index (κ2) is 14.8. The third kappa shape index (κ3) is 7.32. The van der Waals surface area contributed by atoms with Gasteiger partial charge in [-0.1, -0.05) is 74.5 Å². The fraction of sp³-hybridized carbons (Fsp3) is 0.870. The van der Waals surface area contributed by atoms with Gasteiger partial charge in [-0.15, -0.1) is 0 Å². The maximum absolute atomic E-state index is 13.4. The van der Waals surface area contributed by atoms with Gasteiger partial charge in [0.15, 0.2) is 0 Å². The molecule has 0 aliphatic heterocycles. The summed E-state index contributed by atoms with van der Waals surface area (Å²) in [5.41, 5.74) is 0.133. The van der Waals surface area contributed by atoms with Crippen molar-refractivity contribution >= 4 is 23.9 Å². The van der Waals surface area contributed by atoms with Gasteiger partial charge in [-0.3, -0.25) is 19.2 Å². The van der Waals surface area contributed by atoms with Crippen LogP contribution in [0.2, 0.25) is 0 Å². The lowest BCUT2D eigenvalue weighted by atomic mass is 9.32. The number of aliphatic carboxylic acids is 2. The standard InChI is InChI=1S/C46H74O8/c1-12-41(7,24-35(47)48)26-37(51)53-28-46-21-16-30(29(3)4)39(46)31-14-15-33-43(9)19-18-34(54-38(52)27-42(8,13-2)25-36(49)50)40(5,6)32(43)17-20-45(33,11)44(31,10)22-23-46/h30-34,39H,3,12-28H2,1-2,4-11H3,(H,47,48)(H,49,50)/t30-,31?,32?,33?,34-,39?,41?,42?,43-,44+,45+,46+/m0/s1. The lowest BCUT2D eigenvalue weighted by Gasteiger charge is -2.73. The van der Waals surface area contributed by atoms with E-state index in [-0.39, 0.29) is 70.8 Å². The van der Waals surface area contributed by atoms with E-state index in [1.807, 2.05) is 27.7 Å². The molecule has 12 atom stereocenters. The first-order valence-electron chi connectivity index (χ1n) is 21.4. The van der Waals surface area contributed by atoms with E-state index in [0.717, 1.165) is 57.8 Å². The van der Waals surface area contributed by atoms with Crippen molar-refractivity contribution < 1.29 is 38.9 Å². The topological polar surface area (TPSA) is 127 Å². The van der Waals surface area contributed by atoms with E-state index in [2.05, 4.69) is 48.1 Å². The van der Waals surface area contributed by atoms with Gasteiger partial charge in [-0.05, 0) is 141 Å². The molecule has 0 bridgehead atoms. The van der Waals surface area contributed by atoms with Crippen LogP contribution in [0.25, 0.3) is 0 Å². The van der Waals surface area contributed by atoms with E-state index in [4.69, 9.17) is 9.47 Å². The second-order valence-corrected chi connectivity index (χ2v) is 21.4. The van der Waals surface area contributed by atoms with E-state index in [1.165, 1.54) is 12.0 Å². The van der Waals surface area contributed by atoms with E-state index in [1.54, 1.807) is 0 Å². The van der Waals surface area contributed by atoms with Gasteiger partial charge < -0.3 is 19.7 Å². The summed E-state index contributed by atoms with van der Waals surface area (Å²) in [7, 11) is 0. The second-order valence-electron chi connectivity index (χ2n) is 21.4. The number of carbonyl (C=O) groups excluding carboxylic acids is 2. The third-order valence-electron chi connectivity index (χ3n) is 18.0. The summed E-state index contributed by atoms with van der Waals surface area (Å²) >= 11 is 0. The van der Waals surface area contributed by atoms with Crippen LogP contribution in [0.15, 0.2) is 12.2 Å². The molecule has 0 radical (unpaired) electrons. The number of ether oxygens (including phenoxy) is 2. The molecular weight excluding hydrogens is 680 g/mol. The van der Waals surface area contributed by atoms with Gasteiger partial charge >= 0.3 is 23.9 Å². The Kier molecular flexibility index (Phi) is 11.8. The van der Waals surface area contributed by atoms with Crippen molar-refractivity contribution in [3.63, 3.8) is 0 Å². The molecule has 5 aliphatic rings. The molecule has 8 nitrogen and oxygen atoms in total. The number of esters is 2. The minimum atomic E-state index is -0.881. The van der Waals surface area contributed by atoms with Crippen molar-refractivity contribution in [1.29, 1.82) is 0 Å². The fourth-order valence-corrected chi connectivity index (χ4v) is 14.2. The lowest BCUT2D eigenvalue weighted by Crippen LogP contribution is -2.67. The Balaban J connectivity index is 1.36. The van der Waals surface area contributed by atoms with Gasteiger partial charge in [0.1, 0.15) is 6.10 Å². The van der Waals surface area contributed by atoms with E-state index >= 15 is 0 Å². The first-order chi connectivity index (χ1) is 24.9. The third-order valence-corrected chi connectivity index (χ3v) is 18.0. The van der Waals surface area contributed by atoms with Gasteiger partial charge in [0.05, 0.1) is 32.3 Å². The molecule has 6 unspecified atom stereocenters. The van der Waals surface area contributed by atoms with Gasteiger partial charge in [-0.25, -0.2) is 0 Å². The highest BCUT2D eigenvalue weighted by Crippen LogP contribution is 2.77. The van der Waals surface area contributed by atoms with Crippen LogP contribution in [0.5, 0.6) is 0 Å². The summed E-state index contributed by atoms with van der Waals surface area (Å²) in [5.74, 6) is -0.0168. The van der Waals surface area contributed by atoms with Crippen molar-refractivity contribution in [1.82, 2.24) is 0 Å². The molecular formula is C46H74O8. The van der Waals surface area contributed by atoms with Gasteiger partial charge in [0.2, 0.25) is 0 Å². The van der Waals surface area contributed by atoms with Crippen LogP contribution in [0.3, 0.4) is 0 Å². The SMILES string of the molecule is C=C(C)[C@@H]1CC[C@]2(COC(=O)CC(C)(CC)CC(=O)O)CC[C@]3(C)C(CCC4[C@@]5(C)CC[C@H](OC(=O)CC(C)(CC)CC(=O)O)C(C)(C)C5CC[C@]43C)C12. The molecule has 0 spiro atoms. The fourth-order valence-electron chi connectivity index (χ4n) is 14.2. The van der Waals surface area contributed by atoms with Crippen LogP contribution in [-0.4, -0.2) is 46.8 Å². The number of carboxylic acid groups (broad SMARTS) is 2. The maximum atomic E-state index is 13.4. The molecule has 8 heteroatoms. The number of carbonyl (C=O) groups is 4. The number of carboxylic acids is 2. The average Bonchev–Trinajstić information content (AvgIpc) is 3.45. The molecule has 5 rings (SSSR count). The summed E-state index contributed by atoms with van der Waals surface area (Å²) in [4.78, 5) is 49.9. The quantitative estimate of drug-likeness (QED) is 0.133. The van der Waals surface area contributed by atoms with E-state index in [9.17, 15) is 29.4 Å². The minimum Gasteiger partial charge on any atom is -0.481 e. The van der Waals surface area contributed by atoms with Crippen LogP contribution >= 0.6 is 0 Å². The highest BCUT2D eigenvalue weighted by Gasteiger charge is 2.71. The Bertz CT molecular complexity index is 1480. The molecule has 2 N–H and O–H groups in total. The normalized spacial score (nSPS) is 40.3. The Morgan fingerprint density at radius 3 is 1.85 bits per heavy atom. The van der Waals surface area contributed by atoms with E-state index in [0.29, 0.717) is 49.0 Å². The zero-order chi connectivity index (χ0) is 40.3. The summed E-state index contributed by atoms with van der Waals surface area (Å²) in [6.45, 7) is 27.2. The molecule has 0 aromatic heterocycles. The number of allylic oxidation sites excluding steroid dienone is 1. The average molecular weight is 755 g/mol. The largest absolute Gasteiger partial charge is 0.481 e. The van der Waals surface area contributed by atoms with Crippen molar-refractivity contribution in [3.05, 3.63) is 12.2 Å². The van der Waals surface area contributed by atoms with Crippen LogP contribution in [0, 0.1) is 67.5 Å². The smallest absolute Gasteiger partial charge is 0.306 e. The predicted molar refractivity (Wildman–Crippen MR) is 210 cm³/mol. The Morgan fingerprint density at radius 1 is 0.704 bits per heavy atom. The molecule has 0 aromatic carbocycles. The Hall–Kier alpha value is -2.38. The van der Waals surface area contributed by atoms with Gasteiger partial charge in [-0.2, -0.15) is 0 Å². The molecule has 5 fully saturated rings. The highest BCUT2D eigenvalue weighted by atomic mass is 16.5. The van der Waals surface area contributed by atoms with Crippen molar-refractivity contribution in [3.8, 4) is 0 Å². The summed E-state index contributed by atoms with van der Waals surface area (Å²) in [6.07, 6.45) is 11.9. The van der Waals surface area contributed by atoms with Gasteiger partial charge in [0, 0.05) is 10.8 Å². The summed E-state index contributed by atoms with van der Waals surface area (Å²) in [6, 6.07) is 0. The van der Waals surface area contributed by atoms with Crippen molar-refractivity contribution in [2.45, 2.75) is 178 Å². The highest BCUT2D eigenvalue weighted by molar-refractivity contribution is 5.74. The molecule has 5 aliphatic carbocycles. The molecule has 306 valence electrons. The molecule has 0 saturated heterocycles. The molecule has 0 aromatic rings. The first kappa shape index (κ1) is 42.8. The number of hydrogen-bond donors (Lipinski definition) is 2. The number of fused-ring (bicyclic) bond motifs is 7. The van der Waals surface area contributed by atoms with Crippen LogP contribution in [-0.2, 0) is 28.7 Å². The number of hydrogen-bond acceptors (Lipinski definition) is 6. The summed E-state index contributed by atoms with van der Waals surface area (Å²) < 4.78 is 12.5. The Morgan fingerprint density at radius 2 is 1.30 bits per heavy atom. The molecule has 5 saturated carbocycles. The van der Waals surface area contributed by atoms with Gasteiger partial charge in [0.25, 0.3) is 0 Å². The lowest BCUT2D eigenvalue weighted by molar-refractivity contribution is -0.252. The van der Waals surface area contributed by atoms with E-state index < -0.39 is 22.8 Å². The minimum absolute atomic E-state index is 0.0410. The molecule has 0 amide bonds. The predicted octanol–water partition coefficient (Wildman–Crippen LogP) is 10.7. The molecule has 0 heterocycles. The molecule has 54 heavy (non-hydrogen) atoms. The monoisotopic (exact) mass is 755 g/mol.